The molecule has 0 saturated carbocycles. The van der Waals surface area contributed by atoms with Crippen molar-refractivity contribution in [3.63, 3.8) is 0 Å². The first-order valence-electron chi connectivity index (χ1n) is 4.01. The predicted molar refractivity (Wildman–Crippen MR) is 42.0 cm³/mol. The molecule has 0 aromatic carbocycles. The fourth-order valence-corrected chi connectivity index (χ4v) is 0.742. The zero-order valence-corrected chi connectivity index (χ0v) is 7.49. The molecule has 0 radical (unpaired) electrons. The van der Waals surface area contributed by atoms with Crippen LogP contribution in [-0.4, -0.2) is 20.3 Å². The van der Waals surface area contributed by atoms with E-state index in [-0.39, 0.29) is 6.61 Å². The number of hydrogen-bond acceptors (Lipinski definition) is 2. The summed E-state index contributed by atoms with van der Waals surface area (Å²) in [6.07, 6.45) is -0.264. The second-order valence-corrected chi connectivity index (χ2v) is 2.44. The van der Waals surface area contributed by atoms with Crippen LogP contribution in [0.1, 0.15) is 19.3 Å². The number of rotatable bonds is 7. The molecular formula is C8H13F3O2. The van der Waals surface area contributed by atoms with Crippen molar-refractivity contribution in [1.82, 2.24) is 0 Å². The van der Waals surface area contributed by atoms with Gasteiger partial charge in [0.25, 0.3) is 0 Å². The molecule has 0 unspecified atom stereocenters. The van der Waals surface area contributed by atoms with E-state index in [1.807, 2.05) is 0 Å². The molecule has 0 aromatic heterocycles. The fourth-order valence-electron chi connectivity index (χ4n) is 0.742. The maximum absolute atomic E-state index is 12.0. The molecule has 0 atom stereocenters. The van der Waals surface area contributed by atoms with Crippen molar-refractivity contribution >= 4 is 0 Å². The average molecular weight is 198 g/mol. The van der Waals surface area contributed by atoms with Crippen molar-refractivity contribution < 1.29 is 22.6 Å². The van der Waals surface area contributed by atoms with Crippen molar-refractivity contribution in [2.24, 2.45) is 0 Å². The van der Waals surface area contributed by atoms with E-state index in [2.05, 4.69) is 4.74 Å². The lowest BCUT2D eigenvalue weighted by molar-refractivity contribution is 0.114. The van der Waals surface area contributed by atoms with Gasteiger partial charge >= 0.3 is 12.1 Å². The van der Waals surface area contributed by atoms with Crippen LogP contribution < -0.4 is 0 Å². The maximum Gasteiger partial charge on any atom is 0.342 e. The van der Waals surface area contributed by atoms with E-state index < -0.39 is 12.1 Å². The summed E-state index contributed by atoms with van der Waals surface area (Å²) in [5.41, 5.74) is 0. The lowest BCUT2D eigenvalue weighted by atomic mass is 10.2. The van der Waals surface area contributed by atoms with Crippen LogP contribution in [0.25, 0.3) is 0 Å². The minimum absolute atomic E-state index is 0.0209. The normalized spacial score (nSPS) is 9.85. The minimum Gasteiger partial charge on any atom is -0.467 e. The average Bonchev–Trinajstić information content (AvgIpc) is 2.10. The van der Waals surface area contributed by atoms with Gasteiger partial charge in [0, 0.05) is 13.7 Å². The molecule has 0 amide bonds. The summed E-state index contributed by atoms with van der Waals surface area (Å²) in [7, 11) is 1.58. The molecule has 0 spiro atoms. The van der Waals surface area contributed by atoms with Gasteiger partial charge in [0.05, 0.1) is 6.61 Å². The first-order chi connectivity index (χ1) is 6.18. The van der Waals surface area contributed by atoms with Crippen molar-refractivity contribution in [1.29, 1.82) is 0 Å². The Morgan fingerprint density at radius 2 is 1.62 bits per heavy atom. The molecule has 5 heteroatoms. The summed E-state index contributed by atoms with van der Waals surface area (Å²) >= 11 is 0. The Labute approximate surface area is 75.3 Å². The van der Waals surface area contributed by atoms with E-state index in [1.165, 1.54) is 0 Å². The molecule has 0 aliphatic heterocycles. The number of halogens is 3. The largest absolute Gasteiger partial charge is 0.467 e. The number of ether oxygens (including phenoxy) is 2. The second kappa shape index (κ2) is 7.91. The van der Waals surface area contributed by atoms with Gasteiger partial charge in [0.2, 0.25) is 0 Å². The summed E-state index contributed by atoms with van der Waals surface area (Å²) in [6, 6.07) is -1.77. The molecule has 0 heterocycles. The minimum atomic E-state index is -2.41. The maximum atomic E-state index is 12.0. The van der Waals surface area contributed by atoms with E-state index in [0.29, 0.717) is 13.0 Å². The van der Waals surface area contributed by atoms with Crippen LogP contribution >= 0.6 is 0 Å². The summed E-state index contributed by atoms with van der Waals surface area (Å²) in [4.78, 5) is 0. The Kier molecular flexibility index (Phi) is 7.48. The third-order valence-corrected chi connectivity index (χ3v) is 1.37. The molecule has 0 bridgehead atoms. The van der Waals surface area contributed by atoms with Gasteiger partial charge in [-0.25, -0.2) is 0 Å². The highest BCUT2D eigenvalue weighted by Gasteiger charge is 2.04. The van der Waals surface area contributed by atoms with Crippen molar-refractivity contribution in [2.45, 2.75) is 19.3 Å². The third kappa shape index (κ3) is 7.64. The summed E-state index contributed by atoms with van der Waals surface area (Å²) in [5, 5.41) is 0. The Balaban J connectivity index is 3.22. The molecule has 78 valence electrons. The quantitative estimate of drug-likeness (QED) is 0.462. The predicted octanol–water partition coefficient (Wildman–Crippen LogP) is 2.85. The number of unbranched alkanes of at least 4 members (excludes halogenated alkanes) is 2. The highest BCUT2D eigenvalue weighted by atomic mass is 19.3. The highest BCUT2D eigenvalue weighted by molar-refractivity contribution is 4.80. The van der Waals surface area contributed by atoms with Crippen LogP contribution in [0.15, 0.2) is 12.1 Å². The first-order valence-corrected chi connectivity index (χ1v) is 4.01. The molecule has 0 aliphatic carbocycles. The Morgan fingerprint density at radius 3 is 2.15 bits per heavy atom. The molecular weight excluding hydrogens is 185 g/mol. The third-order valence-electron chi connectivity index (χ3n) is 1.37. The van der Waals surface area contributed by atoms with E-state index in [9.17, 15) is 13.2 Å². The molecule has 0 aliphatic rings. The van der Waals surface area contributed by atoms with Gasteiger partial charge in [0.15, 0.2) is 0 Å². The van der Waals surface area contributed by atoms with Gasteiger partial charge in [-0.1, -0.05) is 0 Å². The zero-order valence-electron chi connectivity index (χ0n) is 7.49. The van der Waals surface area contributed by atoms with E-state index in [1.54, 1.807) is 7.11 Å². The Morgan fingerprint density at radius 1 is 1.00 bits per heavy atom. The summed E-state index contributed by atoms with van der Waals surface area (Å²) in [6.45, 7) is 0.600. The van der Waals surface area contributed by atoms with E-state index in [4.69, 9.17) is 4.74 Å². The van der Waals surface area contributed by atoms with Gasteiger partial charge in [-0.05, 0) is 19.3 Å². The van der Waals surface area contributed by atoms with Crippen LogP contribution in [0, 0.1) is 0 Å². The molecule has 0 N–H and O–H groups in total. The van der Waals surface area contributed by atoms with Gasteiger partial charge in [-0.3, -0.25) is 0 Å². The molecule has 2 nitrogen and oxygen atoms in total. The lowest BCUT2D eigenvalue weighted by Crippen LogP contribution is -1.94. The van der Waals surface area contributed by atoms with Crippen LogP contribution in [0.3, 0.4) is 0 Å². The van der Waals surface area contributed by atoms with Crippen LogP contribution in [0.2, 0.25) is 0 Å². The first kappa shape index (κ1) is 12.3. The molecule has 0 rings (SSSR count). The molecule has 0 saturated heterocycles. The highest BCUT2D eigenvalue weighted by Crippen LogP contribution is 2.11. The van der Waals surface area contributed by atoms with Crippen molar-refractivity contribution in [3.8, 4) is 0 Å². The summed E-state index contributed by atoms with van der Waals surface area (Å²) in [5.74, 6) is 0. The Bertz CT molecular complexity index is 155. The van der Waals surface area contributed by atoms with Gasteiger partial charge < -0.3 is 9.47 Å². The lowest BCUT2D eigenvalue weighted by Gasteiger charge is -2.01. The van der Waals surface area contributed by atoms with Crippen LogP contribution in [-0.2, 0) is 9.47 Å². The van der Waals surface area contributed by atoms with Crippen LogP contribution in [0.4, 0.5) is 13.2 Å². The van der Waals surface area contributed by atoms with Crippen LogP contribution in [0.5, 0.6) is 0 Å². The van der Waals surface area contributed by atoms with Crippen molar-refractivity contribution in [3.05, 3.63) is 12.1 Å². The fraction of sp³-hybridized carbons (Fsp3) is 0.750. The molecule has 0 aromatic rings. The monoisotopic (exact) mass is 198 g/mol. The van der Waals surface area contributed by atoms with Gasteiger partial charge in [-0.15, -0.1) is 0 Å². The number of hydrogen-bond donors (Lipinski definition) is 0. The smallest absolute Gasteiger partial charge is 0.342 e. The van der Waals surface area contributed by atoms with E-state index in [0.717, 1.165) is 12.8 Å². The van der Waals surface area contributed by atoms with Crippen molar-refractivity contribution in [2.75, 3.05) is 20.3 Å². The Hall–Kier alpha value is -0.710. The standard InChI is InChI=1S/C8H13F3O2/c1-12-5-3-2-4-6-13-8(11)7(9)10/h2-6H2,1H3. The molecule has 0 fully saturated rings. The molecule has 13 heavy (non-hydrogen) atoms. The summed E-state index contributed by atoms with van der Waals surface area (Å²) < 4.78 is 43.7. The van der Waals surface area contributed by atoms with Gasteiger partial charge in [0.1, 0.15) is 0 Å². The number of methoxy groups -OCH3 is 1. The zero-order chi connectivity index (χ0) is 10.1. The van der Waals surface area contributed by atoms with Gasteiger partial charge in [-0.2, -0.15) is 13.2 Å². The van der Waals surface area contributed by atoms with E-state index >= 15 is 0 Å². The SMILES string of the molecule is COCCCCCOC(F)=C(F)F. The topological polar surface area (TPSA) is 18.5 Å². The second-order valence-electron chi connectivity index (χ2n) is 2.44.